The van der Waals surface area contributed by atoms with Gasteiger partial charge in [-0.2, -0.15) is 4.98 Å². The van der Waals surface area contributed by atoms with Gasteiger partial charge >= 0.3 is 0 Å². The van der Waals surface area contributed by atoms with E-state index in [1.54, 1.807) is 0 Å². The fraction of sp³-hybridized carbons (Fsp3) is 0.0556. The smallest absolute Gasteiger partial charge is 0.263 e. The van der Waals surface area contributed by atoms with Crippen molar-refractivity contribution in [3.05, 3.63) is 72.6 Å². The molecule has 2 aromatic heterocycles. The normalized spacial score (nSPS) is 10.8. The minimum atomic E-state index is 0.481. The van der Waals surface area contributed by atoms with Gasteiger partial charge in [-0.1, -0.05) is 65.8 Å². The first-order valence-corrected chi connectivity index (χ1v) is 7.35. The fourth-order valence-corrected chi connectivity index (χ4v) is 2.50. The Kier molecular flexibility index (Phi) is 3.44. The summed E-state index contributed by atoms with van der Waals surface area (Å²) >= 11 is 0. The second-order valence-electron chi connectivity index (χ2n) is 5.14. The van der Waals surface area contributed by atoms with Crippen LogP contribution < -0.4 is 5.32 Å². The molecular formula is C18H14N4O. The molecule has 1 N–H and O–H groups in total. The van der Waals surface area contributed by atoms with Gasteiger partial charge in [-0.25, -0.2) is 4.98 Å². The van der Waals surface area contributed by atoms with Gasteiger partial charge < -0.3 is 9.84 Å². The molecule has 0 bridgehead atoms. The molecule has 0 saturated heterocycles. The molecule has 4 rings (SSSR count). The topological polar surface area (TPSA) is 63.8 Å². The quantitative estimate of drug-likeness (QED) is 0.619. The van der Waals surface area contributed by atoms with Crippen LogP contribution in [0.4, 0.5) is 5.82 Å². The molecular weight excluding hydrogens is 288 g/mol. The molecule has 5 nitrogen and oxygen atoms in total. The second kappa shape index (κ2) is 5.88. The van der Waals surface area contributed by atoms with Crippen LogP contribution in [0.15, 0.2) is 71.5 Å². The van der Waals surface area contributed by atoms with Crippen molar-refractivity contribution in [1.29, 1.82) is 0 Å². The third-order valence-corrected chi connectivity index (χ3v) is 3.62. The molecule has 0 radical (unpaired) electrons. The number of hydrogen-bond donors (Lipinski definition) is 1. The highest BCUT2D eigenvalue weighted by Crippen LogP contribution is 2.31. The van der Waals surface area contributed by atoms with Crippen molar-refractivity contribution < 1.29 is 4.52 Å². The summed E-state index contributed by atoms with van der Waals surface area (Å²) in [5.41, 5.74) is 3.38. The lowest BCUT2D eigenvalue weighted by Gasteiger charge is -2.06. The lowest BCUT2D eigenvalue weighted by Crippen LogP contribution is -2.02. The van der Waals surface area contributed by atoms with Crippen LogP contribution in [0.5, 0.6) is 0 Å². The summed E-state index contributed by atoms with van der Waals surface area (Å²) < 4.78 is 5.36. The third-order valence-electron chi connectivity index (χ3n) is 3.62. The van der Waals surface area contributed by atoms with E-state index in [-0.39, 0.29) is 0 Å². The summed E-state index contributed by atoms with van der Waals surface area (Å²) in [4.78, 5) is 8.52. The number of aromatic nitrogens is 3. The zero-order valence-electron chi connectivity index (χ0n) is 12.3. The first-order chi connectivity index (χ1) is 11.4. The number of nitrogens with zero attached hydrogens (tertiary/aromatic N) is 3. The minimum Gasteiger partial charge on any atom is -0.365 e. The number of hydrogen-bond acceptors (Lipinski definition) is 5. The SMILES string of the molecule is c1ccc(CNc2ncnc3onc(-c4ccccc4)c23)cc1. The first-order valence-electron chi connectivity index (χ1n) is 7.35. The van der Waals surface area contributed by atoms with Gasteiger partial charge in [-0.05, 0) is 5.56 Å². The van der Waals surface area contributed by atoms with E-state index in [1.807, 2.05) is 48.5 Å². The van der Waals surface area contributed by atoms with Crippen LogP contribution in [-0.2, 0) is 6.54 Å². The van der Waals surface area contributed by atoms with Crippen LogP contribution in [-0.4, -0.2) is 15.1 Å². The summed E-state index contributed by atoms with van der Waals surface area (Å²) in [6.45, 7) is 0.673. The molecule has 0 amide bonds. The van der Waals surface area contributed by atoms with E-state index in [1.165, 1.54) is 11.9 Å². The zero-order valence-corrected chi connectivity index (χ0v) is 12.3. The molecule has 5 heteroatoms. The van der Waals surface area contributed by atoms with Crippen molar-refractivity contribution in [3.8, 4) is 11.3 Å². The van der Waals surface area contributed by atoms with Crippen LogP contribution in [0.1, 0.15) is 5.56 Å². The van der Waals surface area contributed by atoms with Gasteiger partial charge in [0.1, 0.15) is 23.2 Å². The minimum absolute atomic E-state index is 0.481. The summed E-state index contributed by atoms with van der Waals surface area (Å²) in [6.07, 6.45) is 1.48. The largest absolute Gasteiger partial charge is 0.365 e. The molecule has 2 heterocycles. The van der Waals surface area contributed by atoms with Crippen molar-refractivity contribution in [2.45, 2.75) is 6.54 Å². The van der Waals surface area contributed by atoms with Gasteiger partial charge in [-0.15, -0.1) is 0 Å². The van der Waals surface area contributed by atoms with Crippen molar-refractivity contribution in [1.82, 2.24) is 15.1 Å². The van der Waals surface area contributed by atoms with Crippen molar-refractivity contribution >= 4 is 16.9 Å². The van der Waals surface area contributed by atoms with Crippen molar-refractivity contribution in [3.63, 3.8) is 0 Å². The number of rotatable bonds is 4. The lowest BCUT2D eigenvalue weighted by atomic mass is 10.1. The second-order valence-corrected chi connectivity index (χ2v) is 5.14. The van der Waals surface area contributed by atoms with Gasteiger partial charge in [0.2, 0.25) is 0 Å². The van der Waals surface area contributed by atoms with Crippen LogP contribution in [0.2, 0.25) is 0 Å². The van der Waals surface area contributed by atoms with Gasteiger partial charge in [0.25, 0.3) is 5.71 Å². The Morgan fingerprint density at radius 1 is 0.870 bits per heavy atom. The van der Waals surface area contributed by atoms with E-state index < -0.39 is 0 Å². The number of anilines is 1. The first kappa shape index (κ1) is 13.5. The zero-order chi connectivity index (χ0) is 15.5. The molecule has 0 aliphatic heterocycles. The molecule has 23 heavy (non-hydrogen) atoms. The summed E-state index contributed by atoms with van der Waals surface area (Å²) in [6, 6.07) is 20.1. The summed E-state index contributed by atoms with van der Waals surface area (Å²) in [5.74, 6) is 0.721. The average molecular weight is 302 g/mol. The monoisotopic (exact) mass is 302 g/mol. The molecule has 0 fully saturated rings. The number of benzene rings is 2. The standard InChI is InChI=1S/C18H14N4O/c1-3-7-13(8-4-1)11-19-17-15-16(14-9-5-2-6-10-14)22-23-18(15)21-12-20-17/h1-10,12H,11H2,(H,19,20,21). The third kappa shape index (κ3) is 2.64. The van der Waals surface area contributed by atoms with Gasteiger partial charge in [0.15, 0.2) is 0 Å². The highest BCUT2D eigenvalue weighted by atomic mass is 16.5. The lowest BCUT2D eigenvalue weighted by molar-refractivity contribution is 0.451. The maximum atomic E-state index is 5.36. The van der Waals surface area contributed by atoms with Gasteiger partial charge in [0.05, 0.1) is 0 Å². The Morgan fingerprint density at radius 2 is 1.61 bits per heavy atom. The Morgan fingerprint density at radius 3 is 2.39 bits per heavy atom. The Bertz CT molecular complexity index is 920. The fourth-order valence-electron chi connectivity index (χ4n) is 2.50. The molecule has 2 aromatic carbocycles. The van der Waals surface area contributed by atoms with Crippen LogP contribution in [0.25, 0.3) is 22.4 Å². The van der Waals surface area contributed by atoms with E-state index in [9.17, 15) is 0 Å². The van der Waals surface area contributed by atoms with Gasteiger partial charge in [-0.3, -0.25) is 0 Å². The highest BCUT2D eigenvalue weighted by molar-refractivity contribution is 5.97. The van der Waals surface area contributed by atoms with E-state index >= 15 is 0 Å². The highest BCUT2D eigenvalue weighted by Gasteiger charge is 2.16. The maximum absolute atomic E-state index is 5.36. The average Bonchev–Trinajstić information content (AvgIpc) is 3.06. The molecule has 0 unspecified atom stereocenters. The van der Waals surface area contributed by atoms with E-state index in [4.69, 9.17) is 4.52 Å². The van der Waals surface area contributed by atoms with E-state index in [0.29, 0.717) is 12.3 Å². The summed E-state index contributed by atoms with van der Waals surface area (Å²) in [7, 11) is 0. The molecule has 0 spiro atoms. The molecule has 0 aliphatic rings. The van der Waals surface area contributed by atoms with E-state index in [2.05, 4.69) is 32.6 Å². The Hall–Kier alpha value is -3.21. The Labute approximate surface area is 133 Å². The van der Waals surface area contributed by atoms with Gasteiger partial charge in [0, 0.05) is 12.1 Å². The molecule has 4 aromatic rings. The predicted molar refractivity (Wildman–Crippen MR) is 88.8 cm³/mol. The molecule has 0 saturated carbocycles. The molecule has 0 atom stereocenters. The maximum Gasteiger partial charge on any atom is 0.263 e. The summed E-state index contributed by atoms with van der Waals surface area (Å²) in [5, 5.41) is 8.31. The Balaban J connectivity index is 1.73. The van der Waals surface area contributed by atoms with Crippen molar-refractivity contribution in [2.75, 3.05) is 5.32 Å². The predicted octanol–water partition coefficient (Wildman–Crippen LogP) is 3.90. The van der Waals surface area contributed by atoms with Crippen molar-refractivity contribution in [2.24, 2.45) is 0 Å². The molecule has 0 aliphatic carbocycles. The number of fused-ring (bicyclic) bond motifs is 1. The van der Waals surface area contributed by atoms with E-state index in [0.717, 1.165) is 22.5 Å². The van der Waals surface area contributed by atoms with Crippen LogP contribution in [0.3, 0.4) is 0 Å². The number of nitrogens with one attached hydrogen (secondary N) is 1. The van der Waals surface area contributed by atoms with Crippen LogP contribution in [0, 0.1) is 0 Å². The van der Waals surface area contributed by atoms with Crippen LogP contribution >= 0.6 is 0 Å². The molecule has 112 valence electrons.